The molecule has 0 spiro atoms. The summed E-state index contributed by atoms with van der Waals surface area (Å²) in [5.74, 6) is -1.40. The highest BCUT2D eigenvalue weighted by atomic mass is 35.5. The minimum absolute atomic E-state index is 0.0467. The molecule has 0 radical (unpaired) electrons. The predicted molar refractivity (Wildman–Crippen MR) is 110 cm³/mol. The number of hydrogen-bond acceptors (Lipinski definition) is 4. The molecule has 1 heterocycles. The molecule has 6 nitrogen and oxygen atoms in total. The smallest absolute Gasteiger partial charge is 0.406 e. The molecule has 0 fully saturated rings. The standard InChI is InChI=1S/C21H23ClF3N3O3/c1-13(2)20(30)28(8-7-27-19(29)15-5-4-6-26-12-15)14(3)16-9-17(22)11-18(10-16)31-21(23,24)25/h4-6,9-14H,7-8H2,1-3H3,(H,27,29). The lowest BCUT2D eigenvalue weighted by Gasteiger charge is -2.31. The van der Waals surface area contributed by atoms with Gasteiger partial charge in [0.05, 0.1) is 11.6 Å². The van der Waals surface area contributed by atoms with Crippen molar-refractivity contribution in [3.8, 4) is 5.75 Å². The summed E-state index contributed by atoms with van der Waals surface area (Å²) in [6, 6.07) is 6.35. The van der Waals surface area contributed by atoms with E-state index in [9.17, 15) is 22.8 Å². The van der Waals surface area contributed by atoms with Gasteiger partial charge in [0.15, 0.2) is 0 Å². The largest absolute Gasteiger partial charge is 0.573 e. The van der Waals surface area contributed by atoms with Crippen LogP contribution in [0.4, 0.5) is 13.2 Å². The number of hydrogen-bond donors (Lipinski definition) is 1. The lowest BCUT2D eigenvalue weighted by Crippen LogP contribution is -2.42. The zero-order valence-corrected chi connectivity index (χ0v) is 18.0. The van der Waals surface area contributed by atoms with Gasteiger partial charge in [0, 0.05) is 36.4 Å². The van der Waals surface area contributed by atoms with Gasteiger partial charge >= 0.3 is 6.36 Å². The number of halogens is 4. The number of rotatable bonds is 8. The number of carbonyl (C=O) groups excluding carboxylic acids is 2. The predicted octanol–water partition coefficient (Wildman–Crippen LogP) is 4.61. The molecule has 0 saturated heterocycles. The monoisotopic (exact) mass is 457 g/mol. The number of benzene rings is 1. The van der Waals surface area contributed by atoms with E-state index in [0.29, 0.717) is 11.1 Å². The number of alkyl halides is 3. The maximum absolute atomic E-state index is 12.8. The van der Waals surface area contributed by atoms with Crippen LogP contribution in [0.25, 0.3) is 0 Å². The second-order valence-electron chi connectivity index (χ2n) is 7.13. The number of ether oxygens (including phenoxy) is 1. The molecule has 2 rings (SSSR count). The Morgan fingerprint density at radius 1 is 1.23 bits per heavy atom. The third-order valence-electron chi connectivity index (χ3n) is 4.42. The van der Waals surface area contributed by atoms with Crippen LogP contribution in [0.3, 0.4) is 0 Å². The van der Waals surface area contributed by atoms with Crippen LogP contribution in [0, 0.1) is 5.92 Å². The number of pyridine rings is 1. The summed E-state index contributed by atoms with van der Waals surface area (Å²) in [6.45, 7) is 5.39. The molecule has 1 aromatic carbocycles. The minimum Gasteiger partial charge on any atom is -0.406 e. The second-order valence-corrected chi connectivity index (χ2v) is 7.56. The third-order valence-corrected chi connectivity index (χ3v) is 4.63. The fraction of sp³-hybridized carbons (Fsp3) is 0.381. The highest BCUT2D eigenvalue weighted by Gasteiger charge is 2.32. The quantitative estimate of drug-likeness (QED) is 0.628. The summed E-state index contributed by atoms with van der Waals surface area (Å²) in [5.41, 5.74) is 0.750. The fourth-order valence-electron chi connectivity index (χ4n) is 2.91. The van der Waals surface area contributed by atoms with E-state index in [2.05, 4.69) is 15.0 Å². The molecule has 2 aromatic rings. The van der Waals surface area contributed by atoms with Gasteiger partial charge in [0.2, 0.25) is 5.91 Å². The van der Waals surface area contributed by atoms with Crippen LogP contribution in [0.1, 0.15) is 42.7 Å². The average molecular weight is 458 g/mol. The first-order valence-electron chi connectivity index (χ1n) is 9.53. The number of carbonyl (C=O) groups is 2. The summed E-state index contributed by atoms with van der Waals surface area (Å²) in [7, 11) is 0. The maximum atomic E-state index is 12.8. The lowest BCUT2D eigenvalue weighted by atomic mass is 10.0. The molecule has 0 aliphatic heterocycles. The molecular formula is C21H23ClF3N3O3. The van der Waals surface area contributed by atoms with E-state index in [4.69, 9.17) is 11.6 Å². The highest BCUT2D eigenvalue weighted by Crippen LogP contribution is 2.31. The maximum Gasteiger partial charge on any atom is 0.573 e. The Kier molecular flexibility index (Phi) is 8.27. The van der Waals surface area contributed by atoms with Crippen molar-refractivity contribution in [2.24, 2.45) is 5.92 Å². The van der Waals surface area contributed by atoms with Crippen LogP contribution in [0.5, 0.6) is 5.75 Å². The molecule has 31 heavy (non-hydrogen) atoms. The molecule has 10 heteroatoms. The molecule has 0 aliphatic rings. The number of nitrogens with zero attached hydrogens (tertiary/aromatic N) is 2. The third kappa shape index (κ3) is 7.43. The van der Waals surface area contributed by atoms with E-state index in [1.54, 1.807) is 39.1 Å². The SMILES string of the molecule is CC(C)C(=O)N(CCNC(=O)c1cccnc1)C(C)c1cc(Cl)cc(OC(F)(F)F)c1. The Bertz CT molecular complexity index is 908. The highest BCUT2D eigenvalue weighted by molar-refractivity contribution is 6.30. The van der Waals surface area contributed by atoms with E-state index in [-0.39, 0.29) is 35.8 Å². The summed E-state index contributed by atoms with van der Waals surface area (Å²) >= 11 is 5.97. The molecule has 1 unspecified atom stereocenters. The van der Waals surface area contributed by atoms with Gasteiger partial charge in [-0.25, -0.2) is 0 Å². The first-order chi connectivity index (χ1) is 14.5. The van der Waals surface area contributed by atoms with Gasteiger partial charge in [0.25, 0.3) is 5.91 Å². The number of amides is 2. The zero-order chi connectivity index (χ0) is 23.2. The van der Waals surface area contributed by atoms with Crippen LogP contribution in [-0.2, 0) is 4.79 Å². The Morgan fingerprint density at radius 2 is 1.94 bits per heavy atom. The Hall–Kier alpha value is -2.81. The van der Waals surface area contributed by atoms with Gasteiger partial charge in [-0.2, -0.15) is 0 Å². The molecule has 168 valence electrons. The molecular weight excluding hydrogens is 435 g/mol. The first kappa shape index (κ1) is 24.5. The van der Waals surface area contributed by atoms with Crippen molar-refractivity contribution in [2.45, 2.75) is 33.2 Å². The van der Waals surface area contributed by atoms with E-state index >= 15 is 0 Å². The average Bonchev–Trinajstić information content (AvgIpc) is 2.69. The van der Waals surface area contributed by atoms with Gasteiger partial charge in [0.1, 0.15) is 5.75 Å². The van der Waals surface area contributed by atoms with E-state index in [0.717, 1.165) is 6.07 Å². The summed E-state index contributed by atoms with van der Waals surface area (Å²) in [5, 5.41) is 2.76. The number of nitrogens with one attached hydrogen (secondary N) is 1. The van der Waals surface area contributed by atoms with E-state index < -0.39 is 18.2 Å². The van der Waals surface area contributed by atoms with Crippen molar-refractivity contribution >= 4 is 23.4 Å². The number of aromatic nitrogens is 1. The van der Waals surface area contributed by atoms with Gasteiger partial charge < -0.3 is 15.0 Å². The lowest BCUT2D eigenvalue weighted by molar-refractivity contribution is -0.274. The summed E-state index contributed by atoms with van der Waals surface area (Å²) < 4.78 is 41.8. The van der Waals surface area contributed by atoms with Crippen molar-refractivity contribution < 1.29 is 27.5 Å². The Balaban J connectivity index is 2.17. The summed E-state index contributed by atoms with van der Waals surface area (Å²) in [4.78, 5) is 30.3. The second kappa shape index (κ2) is 10.5. The molecule has 2 amide bonds. The van der Waals surface area contributed by atoms with Crippen molar-refractivity contribution in [2.75, 3.05) is 13.1 Å². The molecule has 1 atom stereocenters. The molecule has 1 aromatic heterocycles. The van der Waals surface area contributed by atoms with Crippen LogP contribution in [-0.4, -0.2) is 41.2 Å². The van der Waals surface area contributed by atoms with Crippen molar-refractivity contribution in [3.05, 3.63) is 58.9 Å². The van der Waals surface area contributed by atoms with Crippen LogP contribution >= 0.6 is 11.6 Å². The molecule has 1 N–H and O–H groups in total. The summed E-state index contributed by atoms with van der Waals surface area (Å²) in [6.07, 6.45) is -1.90. The van der Waals surface area contributed by atoms with Gasteiger partial charge in [-0.15, -0.1) is 13.2 Å². The van der Waals surface area contributed by atoms with Crippen molar-refractivity contribution in [1.29, 1.82) is 0 Å². The van der Waals surface area contributed by atoms with Crippen LogP contribution in [0.15, 0.2) is 42.7 Å². The van der Waals surface area contributed by atoms with E-state index in [1.165, 1.54) is 23.2 Å². The Labute approximate surface area is 183 Å². The van der Waals surface area contributed by atoms with Gasteiger partial charge in [-0.1, -0.05) is 25.4 Å². The molecule has 0 aliphatic carbocycles. The normalized spacial score (nSPS) is 12.4. The molecule has 0 bridgehead atoms. The van der Waals surface area contributed by atoms with E-state index in [1.807, 2.05) is 0 Å². The zero-order valence-electron chi connectivity index (χ0n) is 17.2. The van der Waals surface area contributed by atoms with Crippen LogP contribution in [0.2, 0.25) is 5.02 Å². The topological polar surface area (TPSA) is 71.5 Å². The van der Waals surface area contributed by atoms with Crippen molar-refractivity contribution in [3.63, 3.8) is 0 Å². The Morgan fingerprint density at radius 3 is 2.52 bits per heavy atom. The first-order valence-corrected chi connectivity index (χ1v) is 9.90. The van der Waals surface area contributed by atoms with Crippen molar-refractivity contribution in [1.82, 2.24) is 15.2 Å². The van der Waals surface area contributed by atoms with Gasteiger partial charge in [-0.3, -0.25) is 14.6 Å². The minimum atomic E-state index is -4.87. The fourth-order valence-corrected chi connectivity index (χ4v) is 3.15. The molecule has 0 saturated carbocycles. The van der Waals surface area contributed by atoms with Crippen LogP contribution < -0.4 is 10.1 Å². The van der Waals surface area contributed by atoms with Gasteiger partial charge in [-0.05, 0) is 42.8 Å².